The quantitative estimate of drug-likeness (QED) is 0.547. The van der Waals surface area contributed by atoms with Gasteiger partial charge in [-0.2, -0.15) is 0 Å². The number of allylic oxidation sites excluding steroid dienone is 1. The van der Waals surface area contributed by atoms with Crippen molar-refractivity contribution in [2.24, 2.45) is 40.4 Å². The van der Waals surface area contributed by atoms with Crippen LogP contribution in [0.4, 0.5) is 0 Å². The molecule has 1 heterocycles. The van der Waals surface area contributed by atoms with E-state index in [4.69, 9.17) is 4.84 Å². The van der Waals surface area contributed by atoms with Crippen LogP contribution in [0.5, 0.6) is 0 Å². The molecule has 34 heavy (non-hydrogen) atoms. The van der Waals surface area contributed by atoms with Gasteiger partial charge in [-0.1, -0.05) is 32.4 Å². The second-order valence-electron chi connectivity index (χ2n) is 13.4. The Morgan fingerprint density at radius 3 is 2.68 bits per heavy atom. The number of amides is 1. The first-order valence-electron chi connectivity index (χ1n) is 14.1. The topological polar surface area (TPSA) is 70.0 Å². The molecule has 1 amide bonds. The molecule has 4 fully saturated rings. The Balaban J connectivity index is 1.22. The smallest absolute Gasteiger partial charge is 0.246 e. The molecule has 2 N–H and O–H groups in total. The van der Waals surface area contributed by atoms with Crippen molar-refractivity contribution in [3.8, 4) is 0 Å². The standard InChI is InChI=1S/C29H47NO4/c1-19(5-10-26(32)30-16-15-27(2,33)18-34-30)23-8-9-24-22-7-6-20-17-21(31)11-13-28(20,3)25(22)12-14-29(23,24)4/h6,19,21-25,31,33H,5,7-18H2,1-4H3/t19?,21-,22-,23+,24-,25-,27?,28-,29+/m0/s1. The van der Waals surface area contributed by atoms with Gasteiger partial charge in [-0.3, -0.25) is 9.63 Å². The number of fused-ring (bicyclic) bond motifs is 5. The Labute approximate surface area is 206 Å². The van der Waals surface area contributed by atoms with Crippen LogP contribution in [0, 0.1) is 40.4 Å². The van der Waals surface area contributed by atoms with Crippen LogP contribution in [0.1, 0.15) is 98.3 Å². The molecule has 192 valence electrons. The number of carbonyl (C=O) groups is 1. The molecule has 0 aromatic heterocycles. The lowest BCUT2D eigenvalue weighted by atomic mass is 9.47. The molecule has 9 atom stereocenters. The second kappa shape index (κ2) is 8.88. The zero-order valence-electron chi connectivity index (χ0n) is 21.9. The summed E-state index contributed by atoms with van der Waals surface area (Å²) in [6, 6.07) is 0. The minimum absolute atomic E-state index is 0.0723. The van der Waals surface area contributed by atoms with Gasteiger partial charge >= 0.3 is 0 Å². The fourth-order valence-corrected chi connectivity index (χ4v) is 9.19. The third-order valence-electron chi connectivity index (χ3n) is 11.3. The van der Waals surface area contributed by atoms with E-state index in [2.05, 4.69) is 26.8 Å². The Kier molecular flexibility index (Phi) is 6.47. The predicted octanol–water partition coefficient (Wildman–Crippen LogP) is 5.26. The van der Waals surface area contributed by atoms with Crippen LogP contribution in [-0.4, -0.2) is 46.0 Å². The summed E-state index contributed by atoms with van der Waals surface area (Å²) in [5.41, 5.74) is 1.43. The summed E-state index contributed by atoms with van der Waals surface area (Å²) in [6.45, 7) is 9.91. The molecule has 4 aliphatic carbocycles. The molecule has 1 saturated heterocycles. The largest absolute Gasteiger partial charge is 0.393 e. The molecule has 0 aromatic carbocycles. The summed E-state index contributed by atoms with van der Waals surface area (Å²) in [5, 5.41) is 21.8. The highest BCUT2D eigenvalue weighted by Gasteiger charge is 2.59. The summed E-state index contributed by atoms with van der Waals surface area (Å²) in [4.78, 5) is 18.3. The average Bonchev–Trinajstić information content (AvgIpc) is 3.15. The van der Waals surface area contributed by atoms with Gasteiger partial charge in [0.2, 0.25) is 5.91 Å². The van der Waals surface area contributed by atoms with E-state index >= 15 is 0 Å². The van der Waals surface area contributed by atoms with Gasteiger partial charge in [0.1, 0.15) is 6.61 Å². The molecule has 3 saturated carbocycles. The van der Waals surface area contributed by atoms with Crippen LogP contribution < -0.4 is 0 Å². The van der Waals surface area contributed by atoms with Gasteiger partial charge in [-0.25, -0.2) is 5.06 Å². The Bertz CT molecular complexity index is 813. The SMILES string of the molecule is CC(CCC(=O)N1CCC(C)(O)CO1)[C@H]1CC[C@H]2[C@@H]3CC=C4C[C@@H](O)CC[C@]4(C)[C@H]3CC[C@]12C. The fraction of sp³-hybridized carbons (Fsp3) is 0.897. The monoisotopic (exact) mass is 473 g/mol. The van der Waals surface area contributed by atoms with Gasteiger partial charge in [0, 0.05) is 6.42 Å². The number of aliphatic hydroxyl groups excluding tert-OH is 1. The molecule has 2 unspecified atom stereocenters. The first-order valence-corrected chi connectivity index (χ1v) is 14.1. The number of rotatable bonds is 4. The maximum atomic E-state index is 12.8. The van der Waals surface area contributed by atoms with Gasteiger partial charge in [0.25, 0.3) is 0 Å². The molecule has 0 aromatic rings. The van der Waals surface area contributed by atoms with Crippen molar-refractivity contribution in [1.29, 1.82) is 0 Å². The number of nitrogens with zero attached hydrogens (tertiary/aromatic N) is 1. The zero-order valence-corrected chi connectivity index (χ0v) is 21.9. The van der Waals surface area contributed by atoms with Crippen molar-refractivity contribution < 1.29 is 19.8 Å². The van der Waals surface area contributed by atoms with Crippen LogP contribution in [0.15, 0.2) is 11.6 Å². The lowest BCUT2D eigenvalue weighted by Gasteiger charge is -2.58. The van der Waals surface area contributed by atoms with E-state index in [1.807, 2.05) is 0 Å². The van der Waals surface area contributed by atoms with Crippen LogP contribution >= 0.6 is 0 Å². The van der Waals surface area contributed by atoms with Crippen molar-refractivity contribution in [3.05, 3.63) is 11.6 Å². The molecule has 0 radical (unpaired) electrons. The van der Waals surface area contributed by atoms with Gasteiger partial charge in [0.15, 0.2) is 0 Å². The Hall–Kier alpha value is -0.910. The van der Waals surface area contributed by atoms with E-state index in [0.717, 1.165) is 43.4 Å². The van der Waals surface area contributed by atoms with E-state index in [-0.39, 0.29) is 18.6 Å². The Morgan fingerprint density at radius 2 is 1.94 bits per heavy atom. The summed E-state index contributed by atoms with van der Waals surface area (Å²) in [5.74, 6) is 3.67. The first kappa shape index (κ1) is 24.8. The minimum Gasteiger partial charge on any atom is -0.393 e. The van der Waals surface area contributed by atoms with Crippen LogP contribution in [-0.2, 0) is 9.63 Å². The van der Waals surface area contributed by atoms with Crippen molar-refractivity contribution in [3.63, 3.8) is 0 Å². The highest BCUT2D eigenvalue weighted by atomic mass is 16.7. The van der Waals surface area contributed by atoms with Crippen molar-refractivity contribution in [1.82, 2.24) is 5.06 Å². The van der Waals surface area contributed by atoms with E-state index in [1.54, 1.807) is 12.5 Å². The van der Waals surface area contributed by atoms with E-state index in [1.165, 1.54) is 37.2 Å². The van der Waals surface area contributed by atoms with E-state index < -0.39 is 5.60 Å². The number of hydrogen-bond donors (Lipinski definition) is 2. The highest BCUT2D eigenvalue weighted by Crippen LogP contribution is 2.67. The van der Waals surface area contributed by atoms with Crippen LogP contribution in [0.25, 0.3) is 0 Å². The van der Waals surface area contributed by atoms with E-state index in [9.17, 15) is 15.0 Å². The maximum absolute atomic E-state index is 12.8. The summed E-state index contributed by atoms with van der Waals surface area (Å²) < 4.78 is 0. The van der Waals surface area contributed by atoms with Gasteiger partial charge in [0.05, 0.1) is 18.2 Å². The third kappa shape index (κ3) is 4.18. The van der Waals surface area contributed by atoms with Crippen molar-refractivity contribution >= 4 is 5.91 Å². The van der Waals surface area contributed by atoms with E-state index in [0.29, 0.717) is 42.1 Å². The van der Waals surface area contributed by atoms with Crippen LogP contribution in [0.2, 0.25) is 0 Å². The predicted molar refractivity (Wildman–Crippen MR) is 133 cm³/mol. The second-order valence-corrected chi connectivity index (χ2v) is 13.4. The summed E-state index contributed by atoms with van der Waals surface area (Å²) >= 11 is 0. The van der Waals surface area contributed by atoms with Gasteiger partial charge in [-0.05, 0) is 112 Å². The number of hydroxylamine groups is 2. The highest BCUT2D eigenvalue weighted by molar-refractivity contribution is 5.75. The third-order valence-corrected chi connectivity index (χ3v) is 11.3. The molecule has 5 nitrogen and oxygen atoms in total. The number of hydrogen-bond acceptors (Lipinski definition) is 4. The number of carbonyl (C=O) groups excluding carboxylic acids is 1. The molecule has 1 aliphatic heterocycles. The van der Waals surface area contributed by atoms with Gasteiger partial charge in [-0.15, -0.1) is 0 Å². The van der Waals surface area contributed by atoms with Gasteiger partial charge < -0.3 is 10.2 Å². The first-order chi connectivity index (χ1) is 16.0. The minimum atomic E-state index is -0.820. The normalized spacial score (nSPS) is 47.3. The number of aliphatic hydroxyl groups is 2. The average molecular weight is 474 g/mol. The lowest BCUT2D eigenvalue weighted by Crippen LogP contribution is -2.50. The molecule has 0 bridgehead atoms. The summed E-state index contributed by atoms with van der Waals surface area (Å²) in [7, 11) is 0. The molecular weight excluding hydrogens is 426 g/mol. The van der Waals surface area contributed by atoms with Crippen molar-refractivity contribution in [2.75, 3.05) is 13.2 Å². The fourth-order valence-electron chi connectivity index (χ4n) is 9.19. The zero-order chi connectivity index (χ0) is 24.3. The molecular formula is C29H47NO4. The molecule has 5 heteroatoms. The lowest BCUT2D eigenvalue weighted by molar-refractivity contribution is -0.231. The molecule has 0 spiro atoms. The van der Waals surface area contributed by atoms with Crippen LogP contribution in [0.3, 0.4) is 0 Å². The summed E-state index contributed by atoms with van der Waals surface area (Å²) in [6.07, 6.45) is 13.9. The molecule has 5 aliphatic rings. The molecule has 5 rings (SSSR count). The maximum Gasteiger partial charge on any atom is 0.246 e. The Morgan fingerprint density at radius 1 is 1.15 bits per heavy atom. The van der Waals surface area contributed by atoms with Crippen molar-refractivity contribution in [2.45, 2.75) is 110 Å².